The first-order valence-electron chi connectivity index (χ1n) is 6.12. The Balaban J connectivity index is 2.24. The molecule has 0 aliphatic carbocycles. The SMILES string of the molecule is CC(=O)NC1CCN(CCC(C)(C)CN)C1. The molecule has 1 fully saturated rings. The molecule has 1 aliphatic rings. The van der Waals surface area contributed by atoms with Crippen LogP contribution in [0.3, 0.4) is 0 Å². The van der Waals surface area contributed by atoms with Gasteiger partial charge in [0.25, 0.3) is 0 Å². The van der Waals surface area contributed by atoms with Crippen molar-refractivity contribution in [3.05, 3.63) is 0 Å². The van der Waals surface area contributed by atoms with Crippen molar-refractivity contribution in [3.63, 3.8) is 0 Å². The Kier molecular flexibility index (Phi) is 4.74. The van der Waals surface area contributed by atoms with E-state index < -0.39 is 0 Å². The van der Waals surface area contributed by atoms with Gasteiger partial charge in [-0.1, -0.05) is 13.8 Å². The van der Waals surface area contributed by atoms with E-state index in [0.29, 0.717) is 6.04 Å². The summed E-state index contributed by atoms with van der Waals surface area (Å²) in [5.41, 5.74) is 5.94. The van der Waals surface area contributed by atoms with Crippen molar-refractivity contribution in [3.8, 4) is 0 Å². The van der Waals surface area contributed by atoms with Gasteiger partial charge in [-0.25, -0.2) is 0 Å². The molecule has 0 aromatic heterocycles. The highest BCUT2D eigenvalue weighted by molar-refractivity contribution is 5.73. The van der Waals surface area contributed by atoms with Gasteiger partial charge in [-0.05, 0) is 31.3 Å². The Morgan fingerprint density at radius 2 is 2.25 bits per heavy atom. The van der Waals surface area contributed by atoms with Crippen molar-refractivity contribution in [1.29, 1.82) is 0 Å². The summed E-state index contributed by atoms with van der Waals surface area (Å²) in [6.07, 6.45) is 2.19. The third-order valence-corrected chi connectivity index (χ3v) is 3.34. The predicted molar refractivity (Wildman–Crippen MR) is 66.1 cm³/mol. The van der Waals surface area contributed by atoms with E-state index in [2.05, 4.69) is 24.1 Å². The van der Waals surface area contributed by atoms with Crippen molar-refractivity contribution in [1.82, 2.24) is 10.2 Å². The lowest BCUT2D eigenvalue weighted by atomic mass is 9.89. The van der Waals surface area contributed by atoms with Gasteiger partial charge in [0.05, 0.1) is 0 Å². The molecule has 1 saturated heterocycles. The Morgan fingerprint density at radius 3 is 2.81 bits per heavy atom. The van der Waals surface area contributed by atoms with Crippen LogP contribution in [0.1, 0.15) is 33.6 Å². The topological polar surface area (TPSA) is 58.4 Å². The van der Waals surface area contributed by atoms with Gasteiger partial charge in [0.2, 0.25) is 5.91 Å². The van der Waals surface area contributed by atoms with Crippen LogP contribution in [0.25, 0.3) is 0 Å². The number of hydrogen-bond donors (Lipinski definition) is 2. The fourth-order valence-electron chi connectivity index (χ4n) is 2.00. The fourth-order valence-corrected chi connectivity index (χ4v) is 2.00. The van der Waals surface area contributed by atoms with Crippen LogP contribution in [-0.4, -0.2) is 43.0 Å². The Labute approximate surface area is 98.6 Å². The molecule has 1 aliphatic heterocycles. The minimum Gasteiger partial charge on any atom is -0.352 e. The van der Waals surface area contributed by atoms with Crippen LogP contribution in [0.5, 0.6) is 0 Å². The summed E-state index contributed by atoms with van der Waals surface area (Å²) >= 11 is 0. The Bertz CT molecular complexity index is 240. The molecule has 1 heterocycles. The molecule has 1 atom stereocenters. The van der Waals surface area contributed by atoms with Crippen LogP contribution in [0, 0.1) is 5.41 Å². The summed E-state index contributed by atoms with van der Waals surface area (Å²) in [5, 5.41) is 2.98. The molecule has 1 rings (SSSR count). The zero-order valence-electron chi connectivity index (χ0n) is 10.8. The van der Waals surface area contributed by atoms with Crippen molar-refractivity contribution in [2.45, 2.75) is 39.7 Å². The summed E-state index contributed by atoms with van der Waals surface area (Å²) < 4.78 is 0. The van der Waals surface area contributed by atoms with E-state index in [9.17, 15) is 4.79 Å². The standard InChI is InChI=1S/C12H25N3O/c1-10(16)14-11-4-6-15(8-11)7-5-12(2,3)9-13/h11H,4-9,13H2,1-3H3,(H,14,16). The highest BCUT2D eigenvalue weighted by atomic mass is 16.1. The van der Waals surface area contributed by atoms with E-state index in [-0.39, 0.29) is 11.3 Å². The Hall–Kier alpha value is -0.610. The molecule has 0 bridgehead atoms. The number of amides is 1. The van der Waals surface area contributed by atoms with Gasteiger partial charge in [0.15, 0.2) is 0 Å². The van der Waals surface area contributed by atoms with E-state index in [0.717, 1.165) is 39.0 Å². The van der Waals surface area contributed by atoms with E-state index in [1.54, 1.807) is 6.92 Å². The monoisotopic (exact) mass is 227 g/mol. The van der Waals surface area contributed by atoms with Gasteiger partial charge >= 0.3 is 0 Å². The van der Waals surface area contributed by atoms with Gasteiger partial charge in [-0.3, -0.25) is 4.79 Å². The number of carbonyl (C=O) groups is 1. The summed E-state index contributed by atoms with van der Waals surface area (Å²) in [5.74, 6) is 0.0779. The van der Waals surface area contributed by atoms with E-state index in [1.807, 2.05) is 0 Å². The average Bonchev–Trinajstić information content (AvgIpc) is 2.62. The minimum atomic E-state index is 0.0779. The molecular formula is C12H25N3O. The normalized spacial score (nSPS) is 22.4. The van der Waals surface area contributed by atoms with Crippen molar-refractivity contribution < 1.29 is 4.79 Å². The van der Waals surface area contributed by atoms with E-state index in [4.69, 9.17) is 5.73 Å². The van der Waals surface area contributed by atoms with Gasteiger partial charge < -0.3 is 16.0 Å². The number of rotatable bonds is 5. The predicted octanol–water partition coefficient (Wildman–Crippen LogP) is 0.572. The minimum absolute atomic E-state index is 0.0779. The summed E-state index contributed by atoms with van der Waals surface area (Å²) in [7, 11) is 0. The highest BCUT2D eigenvalue weighted by Gasteiger charge is 2.24. The number of nitrogens with one attached hydrogen (secondary N) is 1. The molecule has 4 heteroatoms. The lowest BCUT2D eigenvalue weighted by Gasteiger charge is -2.25. The molecular weight excluding hydrogens is 202 g/mol. The zero-order valence-corrected chi connectivity index (χ0v) is 10.8. The molecule has 1 amide bonds. The second-order valence-corrected chi connectivity index (χ2v) is 5.61. The first kappa shape index (κ1) is 13.5. The molecule has 94 valence electrons. The van der Waals surface area contributed by atoms with Crippen LogP contribution in [0.15, 0.2) is 0 Å². The smallest absolute Gasteiger partial charge is 0.217 e. The van der Waals surface area contributed by atoms with Crippen LogP contribution >= 0.6 is 0 Å². The quantitative estimate of drug-likeness (QED) is 0.722. The van der Waals surface area contributed by atoms with Gasteiger partial charge in [0.1, 0.15) is 0 Å². The van der Waals surface area contributed by atoms with Crippen molar-refractivity contribution >= 4 is 5.91 Å². The van der Waals surface area contributed by atoms with Crippen molar-refractivity contribution in [2.75, 3.05) is 26.2 Å². The van der Waals surface area contributed by atoms with E-state index in [1.165, 1.54) is 0 Å². The second kappa shape index (κ2) is 5.64. The lowest BCUT2D eigenvalue weighted by molar-refractivity contribution is -0.119. The first-order chi connectivity index (χ1) is 7.43. The van der Waals surface area contributed by atoms with Crippen LogP contribution in [0.4, 0.5) is 0 Å². The largest absolute Gasteiger partial charge is 0.352 e. The van der Waals surface area contributed by atoms with Crippen LogP contribution < -0.4 is 11.1 Å². The van der Waals surface area contributed by atoms with Crippen molar-refractivity contribution in [2.24, 2.45) is 11.1 Å². The van der Waals surface area contributed by atoms with Crippen LogP contribution in [0.2, 0.25) is 0 Å². The molecule has 16 heavy (non-hydrogen) atoms. The highest BCUT2D eigenvalue weighted by Crippen LogP contribution is 2.20. The molecule has 0 aromatic rings. The maximum atomic E-state index is 10.9. The number of likely N-dealkylation sites (tertiary alicyclic amines) is 1. The zero-order chi connectivity index (χ0) is 12.2. The average molecular weight is 227 g/mol. The van der Waals surface area contributed by atoms with Gasteiger partial charge in [0, 0.05) is 26.1 Å². The molecule has 0 saturated carbocycles. The Morgan fingerprint density at radius 1 is 1.56 bits per heavy atom. The summed E-state index contributed by atoms with van der Waals surface area (Å²) in [6, 6.07) is 0.346. The maximum Gasteiger partial charge on any atom is 0.217 e. The molecule has 4 nitrogen and oxygen atoms in total. The van der Waals surface area contributed by atoms with Gasteiger partial charge in [-0.2, -0.15) is 0 Å². The molecule has 1 unspecified atom stereocenters. The number of nitrogens with two attached hydrogens (primary N) is 1. The molecule has 0 aromatic carbocycles. The summed E-state index contributed by atoms with van der Waals surface area (Å²) in [6.45, 7) is 9.88. The maximum absolute atomic E-state index is 10.9. The molecule has 0 radical (unpaired) electrons. The van der Waals surface area contributed by atoms with E-state index >= 15 is 0 Å². The van der Waals surface area contributed by atoms with Crippen LogP contribution in [-0.2, 0) is 4.79 Å². The lowest BCUT2D eigenvalue weighted by Crippen LogP contribution is -2.36. The third kappa shape index (κ3) is 4.49. The fraction of sp³-hybridized carbons (Fsp3) is 0.917. The third-order valence-electron chi connectivity index (χ3n) is 3.34. The van der Waals surface area contributed by atoms with Gasteiger partial charge in [-0.15, -0.1) is 0 Å². The summed E-state index contributed by atoms with van der Waals surface area (Å²) in [4.78, 5) is 13.3. The number of hydrogen-bond acceptors (Lipinski definition) is 3. The molecule has 0 spiro atoms. The number of carbonyl (C=O) groups excluding carboxylic acids is 1. The second-order valence-electron chi connectivity index (χ2n) is 5.61. The number of nitrogens with zero attached hydrogens (tertiary/aromatic N) is 1. The molecule has 3 N–H and O–H groups in total. The first-order valence-corrected chi connectivity index (χ1v) is 6.12.